The van der Waals surface area contributed by atoms with Crippen LogP contribution in [0.2, 0.25) is 0 Å². The summed E-state index contributed by atoms with van der Waals surface area (Å²) >= 11 is 1.73. The molecule has 0 unspecified atom stereocenters. The second-order valence-electron chi connectivity index (χ2n) is 9.38. The Morgan fingerprint density at radius 2 is 1.69 bits per heavy atom. The first-order chi connectivity index (χ1) is 17.2. The molecule has 2 aromatic carbocycles. The quantitative estimate of drug-likeness (QED) is 0.339. The van der Waals surface area contributed by atoms with Gasteiger partial charge >= 0.3 is 0 Å². The van der Waals surface area contributed by atoms with E-state index in [2.05, 4.69) is 45.5 Å². The predicted octanol–water partition coefficient (Wildman–Crippen LogP) is 6.22. The van der Waals surface area contributed by atoms with E-state index < -0.39 is 0 Å². The molecule has 36 heavy (non-hydrogen) atoms. The zero-order valence-electron chi connectivity index (χ0n) is 20.1. The van der Waals surface area contributed by atoms with Gasteiger partial charge in [0.05, 0.1) is 10.6 Å². The summed E-state index contributed by atoms with van der Waals surface area (Å²) < 4.78 is 1.25. The van der Waals surface area contributed by atoms with Crippen molar-refractivity contribution < 1.29 is 4.79 Å². The number of amides is 1. The fourth-order valence-corrected chi connectivity index (χ4v) is 6.25. The highest BCUT2D eigenvalue weighted by Gasteiger charge is 2.28. The molecule has 4 aromatic rings. The third-order valence-electron chi connectivity index (χ3n) is 7.13. The first-order valence-corrected chi connectivity index (χ1v) is 13.3. The smallest absolute Gasteiger partial charge is 0.253 e. The van der Waals surface area contributed by atoms with Gasteiger partial charge in [-0.05, 0) is 86.6 Å². The van der Waals surface area contributed by atoms with Crippen LogP contribution in [0.3, 0.4) is 0 Å². The highest BCUT2D eigenvalue weighted by atomic mass is 35.5. The number of anilines is 2. The molecule has 2 aliphatic heterocycles. The zero-order valence-corrected chi connectivity index (χ0v) is 21.7. The predicted molar refractivity (Wildman–Crippen MR) is 150 cm³/mol. The number of thiophene rings is 1. The van der Waals surface area contributed by atoms with Crippen molar-refractivity contribution in [1.82, 2.24) is 19.8 Å². The van der Waals surface area contributed by atoms with E-state index in [4.69, 9.17) is 4.98 Å². The number of fused-ring (bicyclic) bond motifs is 1. The first kappa shape index (κ1) is 24.7. The highest BCUT2D eigenvalue weighted by molar-refractivity contribution is 7.22. The van der Waals surface area contributed by atoms with E-state index in [0.717, 1.165) is 47.8 Å². The van der Waals surface area contributed by atoms with Crippen molar-refractivity contribution in [2.45, 2.75) is 31.7 Å². The highest BCUT2D eigenvalue weighted by Crippen LogP contribution is 2.32. The monoisotopic (exact) mass is 519 g/mol. The Balaban J connectivity index is 0.00000267. The summed E-state index contributed by atoms with van der Waals surface area (Å²) in [6.45, 7) is 4.14. The molecule has 4 heterocycles. The van der Waals surface area contributed by atoms with Crippen molar-refractivity contribution in [3.63, 3.8) is 0 Å². The maximum Gasteiger partial charge on any atom is 0.253 e. The molecule has 8 heteroatoms. The maximum absolute atomic E-state index is 13.0. The molecule has 6 rings (SSSR count). The van der Waals surface area contributed by atoms with Crippen molar-refractivity contribution in [3.8, 4) is 10.6 Å². The van der Waals surface area contributed by atoms with Gasteiger partial charge < -0.3 is 15.1 Å². The van der Waals surface area contributed by atoms with E-state index in [9.17, 15) is 4.79 Å². The lowest BCUT2D eigenvalue weighted by atomic mass is 10.0. The molecule has 1 amide bonds. The number of nitrogens with zero attached hydrogens (tertiary/aromatic N) is 4. The normalized spacial score (nSPS) is 16.7. The van der Waals surface area contributed by atoms with Crippen LogP contribution in [0.4, 0.5) is 11.6 Å². The average Bonchev–Trinajstić information content (AvgIpc) is 3.60. The average molecular weight is 520 g/mol. The molecule has 186 valence electrons. The van der Waals surface area contributed by atoms with Gasteiger partial charge in [-0.25, -0.2) is 9.97 Å². The number of carbonyl (C=O) groups is 1. The molecule has 0 radical (unpaired) electrons. The van der Waals surface area contributed by atoms with Crippen LogP contribution >= 0.6 is 23.7 Å². The molecule has 1 N–H and O–H groups in total. The Labute approximate surface area is 221 Å². The Hall–Kier alpha value is -3.00. The Kier molecular flexibility index (Phi) is 7.51. The van der Waals surface area contributed by atoms with E-state index in [1.54, 1.807) is 17.5 Å². The standard InChI is InChI=1S/C28H29N5OS.ClH/c34-27(33-17-12-23(13-18-33)32-15-3-4-16-32)20-7-9-22(10-8-20)30-28-29-14-11-24(31-28)26-19-21-5-1-2-6-25(21)35-26;/h1-2,5-11,14,19,23H,3-4,12-13,15-18H2,(H,29,30,31);1H. The first-order valence-electron chi connectivity index (χ1n) is 12.5. The van der Waals surface area contributed by atoms with Crippen LogP contribution in [-0.2, 0) is 0 Å². The second-order valence-corrected chi connectivity index (χ2v) is 10.5. The summed E-state index contributed by atoms with van der Waals surface area (Å²) in [5.41, 5.74) is 2.49. The molecule has 2 aromatic heterocycles. The third kappa shape index (κ3) is 5.24. The van der Waals surface area contributed by atoms with Gasteiger partial charge in [-0.3, -0.25) is 4.79 Å². The van der Waals surface area contributed by atoms with Crippen LogP contribution in [0.15, 0.2) is 66.9 Å². The number of likely N-dealkylation sites (tertiary alicyclic amines) is 2. The van der Waals surface area contributed by atoms with E-state index in [1.165, 1.54) is 36.0 Å². The minimum absolute atomic E-state index is 0. The number of rotatable bonds is 5. The van der Waals surface area contributed by atoms with Gasteiger partial charge in [0.1, 0.15) is 0 Å². The number of halogens is 1. The maximum atomic E-state index is 13.0. The van der Waals surface area contributed by atoms with Gasteiger partial charge in [-0.15, -0.1) is 23.7 Å². The Bertz CT molecular complexity index is 1290. The lowest BCUT2D eigenvalue weighted by Gasteiger charge is -2.36. The summed E-state index contributed by atoms with van der Waals surface area (Å²) in [6.07, 6.45) is 6.58. The van der Waals surface area contributed by atoms with Crippen LogP contribution in [0.1, 0.15) is 36.0 Å². The van der Waals surface area contributed by atoms with Gasteiger partial charge in [0.15, 0.2) is 0 Å². The Morgan fingerprint density at radius 1 is 0.944 bits per heavy atom. The minimum Gasteiger partial charge on any atom is -0.339 e. The molecule has 0 atom stereocenters. The number of hydrogen-bond acceptors (Lipinski definition) is 6. The number of benzene rings is 2. The lowest BCUT2D eigenvalue weighted by molar-refractivity contribution is 0.0644. The van der Waals surface area contributed by atoms with Crippen molar-refractivity contribution in [2.75, 3.05) is 31.5 Å². The summed E-state index contributed by atoms with van der Waals surface area (Å²) in [6, 6.07) is 20.8. The summed E-state index contributed by atoms with van der Waals surface area (Å²) in [7, 11) is 0. The molecule has 6 nitrogen and oxygen atoms in total. The van der Waals surface area contributed by atoms with Crippen molar-refractivity contribution >= 4 is 51.4 Å². The van der Waals surface area contributed by atoms with Crippen molar-refractivity contribution in [1.29, 1.82) is 0 Å². The van der Waals surface area contributed by atoms with Gasteiger partial charge in [0, 0.05) is 41.3 Å². The van der Waals surface area contributed by atoms with Crippen molar-refractivity contribution in [3.05, 3.63) is 72.4 Å². The second kappa shape index (κ2) is 10.9. The van der Waals surface area contributed by atoms with Crippen molar-refractivity contribution in [2.24, 2.45) is 0 Å². The molecule has 2 fully saturated rings. The number of nitrogens with one attached hydrogen (secondary N) is 1. The summed E-state index contributed by atoms with van der Waals surface area (Å²) in [4.78, 5) is 27.9. The van der Waals surface area contributed by atoms with Gasteiger partial charge in [-0.2, -0.15) is 0 Å². The largest absolute Gasteiger partial charge is 0.339 e. The molecule has 2 saturated heterocycles. The summed E-state index contributed by atoms with van der Waals surface area (Å²) in [5.74, 6) is 0.669. The van der Waals surface area contributed by atoms with Gasteiger partial charge in [-0.1, -0.05) is 18.2 Å². The van der Waals surface area contributed by atoms with Gasteiger partial charge in [0.25, 0.3) is 5.91 Å². The van der Waals surface area contributed by atoms with Gasteiger partial charge in [0.2, 0.25) is 5.95 Å². The molecule has 0 aliphatic carbocycles. The van der Waals surface area contributed by atoms with Crippen LogP contribution < -0.4 is 5.32 Å². The number of aromatic nitrogens is 2. The lowest BCUT2D eigenvalue weighted by Crippen LogP contribution is -2.45. The molecule has 0 saturated carbocycles. The van der Waals surface area contributed by atoms with E-state index in [0.29, 0.717) is 12.0 Å². The topological polar surface area (TPSA) is 61.4 Å². The molecule has 2 aliphatic rings. The SMILES string of the molecule is Cl.O=C(c1ccc(Nc2nccc(-c3cc4ccccc4s3)n2)cc1)N1CCC(N2CCCC2)CC1. The van der Waals surface area contributed by atoms with E-state index in [-0.39, 0.29) is 18.3 Å². The fraction of sp³-hybridized carbons (Fsp3) is 0.321. The number of hydrogen-bond donors (Lipinski definition) is 1. The van der Waals surface area contributed by atoms with Crippen LogP contribution in [0.5, 0.6) is 0 Å². The fourth-order valence-electron chi connectivity index (χ4n) is 5.21. The molecule has 0 spiro atoms. The number of piperidine rings is 1. The molecular weight excluding hydrogens is 490 g/mol. The minimum atomic E-state index is 0. The zero-order chi connectivity index (χ0) is 23.6. The van der Waals surface area contributed by atoms with Crippen LogP contribution in [-0.4, -0.2) is 57.9 Å². The summed E-state index contributed by atoms with van der Waals surface area (Å²) in [5, 5.41) is 4.51. The van der Waals surface area contributed by atoms with Crippen LogP contribution in [0.25, 0.3) is 20.7 Å². The van der Waals surface area contributed by atoms with E-state index in [1.807, 2.05) is 35.2 Å². The number of carbonyl (C=O) groups excluding carboxylic acids is 1. The third-order valence-corrected chi connectivity index (χ3v) is 8.27. The van der Waals surface area contributed by atoms with Crippen LogP contribution in [0, 0.1) is 0 Å². The molecular formula is C28H30ClN5OS. The van der Waals surface area contributed by atoms with E-state index >= 15 is 0 Å². The molecule has 0 bridgehead atoms. The Morgan fingerprint density at radius 3 is 2.44 bits per heavy atom.